The molecule has 19 rings (SSSR count). The van der Waals surface area contributed by atoms with Crippen molar-refractivity contribution in [3.8, 4) is 23.0 Å². The normalized spacial score (nSPS) is 12.9. The number of hydrogen-bond acceptors (Lipinski definition) is 4. The molecule has 0 heterocycles. The van der Waals surface area contributed by atoms with Crippen molar-refractivity contribution in [3.63, 3.8) is 0 Å². The Hall–Kier alpha value is -8.60. The maximum atomic E-state index is 7.67. The molecule has 0 aliphatic heterocycles. The van der Waals surface area contributed by atoms with Crippen molar-refractivity contribution in [1.82, 2.24) is 0 Å². The monoisotopic (exact) mass is 1730 g/mol. The predicted molar refractivity (Wildman–Crippen MR) is 575 cm³/mol. The highest BCUT2D eigenvalue weighted by atomic mass is 16.5. The standard InChI is InChI=1S/C126H156O4/c1-9-15-21-27-33-39-41-43-49-55-61-85-79-83(7)88(62-56-50-44-42-40-34-28-22-16-10-2)106-100-82-87(128-76-58-52-46-36-30-24-18-12-4)81-99-94-68-70-96-108-101(129-77-59-53-47-37-31-25-19-13-5)73-71-92-91-66-65-90-89-64-63-86(127-75-57-51-45-35-29-23-17-11-3)80-98(89)93-67-69-97-109-102(130-78-60-54-48-38-32-26-20-14-6)74-72-95-103-84(8)104(105(85)106)119(107(99)100)121-114(94)117(96)125-120(110(92)108)122-113(91)111(90)112(93)116(97)124(122)123(115(95)109)126(125)118(103)121/h63-74,79-82H,9-62,75-78H2,1-8H3. The first-order valence-electron chi connectivity index (χ1n) is 54.7. The molecule has 0 radical (unpaired) electrons. The number of unbranched alkanes of at least 4 members (excludes halogenated alkanes) is 46. The van der Waals surface area contributed by atoms with Gasteiger partial charge >= 0.3 is 0 Å². The second-order valence-corrected chi connectivity index (χ2v) is 41.5. The maximum Gasteiger partial charge on any atom is 0.127 e. The van der Waals surface area contributed by atoms with Crippen LogP contribution in [0, 0.1) is 13.8 Å². The molecule has 4 heteroatoms. The van der Waals surface area contributed by atoms with E-state index >= 15 is 0 Å². The van der Waals surface area contributed by atoms with E-state index in [1.807, 2.05) is 0 Å². The largest absolute Gasteiger partial charge is 0.494 e. The van der Waals surface area contributed by atoms with Crippen molar-refractivity contribution in [2.24, 2.45) is 0 Å². The average molecular weight is 1730 g/mol. The van der Waals surface area contributed by atoms with Crippen LogP contribution in [0.4, 0.5) is 0 Å². The Morgan fingerprint density at radius 1 is 0.169 bits per heavy atom. The number of aryl methyl sites for hydroxylation is 4. The summed E-state index contributed by atoms with van der Waals surface area (Å²) in [6, 6.07) is 40.6. The molecular weight excluding hydrogens is 1580 g/mol. The van der Waals surface area contributed by atoms with E-state index in [4.69, 9.17) is 18.9 Å². The Bertz CT molecular complexity index is 6870. The van der Waals surface area contributed by atoms with E-state index in [-0.39, 0.29) is 0 Å². The SMILES string of the molecule is CCCCCCCCCCCCc1c(C)cc(CCCCCCCCCCCC)c2c1c1cc(OCCCCCCCCCC)cc3c4ccc5c6c(OCCCCCCCCCC)ccc7c8ccc9c%10ccc(OCCCCCCCCCC)cc%10c%10ccc%11c%12c(OCCCCCCCCCC)ccc%13c%14c(C)c2c(c31)c1c4c5c2c(c76)c3c8c9c%10c%11c3c(c%13%12)c2c%141. The zero-order valence-corrected chi connectivity index (χ0v) is 81.9. The van der Waals surface area contributed by atoms with Gasteiger partial charge in [0.1, 0.15) is 23.0 Å². The van der Waals surface area contributed by atoms with Gasteiger partial charge in [0, 0.05) is 32.3 Å². The second kappa shape index (κ2) is 42.3. The van der Waals surface area contributed by atoms with Crippen LogP contribution in [0.25, 0.3) is 194 Å². The van der Waals surface area contributed by atoms with Crippen molar-refractivity contribution >= 4 is 194 Å². The van der Waals surface area contributed by atoms with Crippen LogP contribution < -0.4 is 18.9 Å². The smallest absolute Gasteiger partial charge is 0.127 e. The molecule has 130 heavy (non-hydrogen) atoms. The van der Waals surface area contributed by atoms with Crippen LogP contribution in [0.15, 0.2) is 97.1 Å². The first-order valence-corrected chi connectivity index (χ1v) is 54.7. The summed E-state index contributed by atoms with van der Waals surface area (Å²) in [5.41, 5.74) is 6.06. The number of fused-ring (bicyclic) bond motifs is 11. The molecule has 4 nitrogen and oxygen atoms in total. The summed E-state index contributed by atoms with van der Waals surface area (Å²) in [6.45, 7) is 22.0. The highest BCUT2D eigenvalue weighted by Crippen LogP contribution is 2.66. The van der Waals surface area contributed by atoms with Crippen LogP contribution in [-0.4, -0.2) is 26.4 Å². The molecule has 0 aliphatic rings. The first kappa shape index (κ1) is 90.6. The minimum Gasteiger partial charge on any atom is -0.494 e. The summed E-state index contributed by atoms with van der Waals surface area (Å²) in [5.74, 6) is 4.09. The van der Waals surface area contributed by atoms with E-state index in [9.17, 15) is 0 Å². The molecule has 0 aliphatic carbocycles. The number of rotatable bonds is 62. The first-order chi connectivity index (χ1) is 64.3. The summed E-state index contributed by atoms with van der Waals surface area (Å²) in [7, 11) is 0. The third kappa shape index (κ3) is 17.0. The Labute approximate surface area is 778 Å². The molecule has 19 aromatic carbocycles. The summed E-state index contributed by atoms with van der Waals surface area (Å²) in [6.07, 6.45) is 69.4. The fourth-order valence-electron chi connectivity index (χ4n) is 25.9. The third-order valence-corrected chi connectivity index (χ3v) is 32.4. The Morgan fingerprint density at radius 3 is 0.892 bits per heavy atom. The van der Waals surface area contributed by atoms with Crippen LogP contribution >= 0.6 is 0 Å². The third-order valence-electron chi connectivity index (χ3n) is 32.4. The minimum absolute atomic E-state index is 0.699. The summed E-state index contributed by atoms with van der Waals surface area (Å²) < 4.78 is 29.7. The predicted octanol–water partition coefficient (Wildman–Crippen LogP) is 41.0. The summed E-state index contributed by atoms with van der Waals surface area (Å²) in [4.78, 5) is 0. The van der Waals surface area contributed by atoms with Gasteiger partial charge in [0.05, 0.1) is 26.4 Å². The van der Waals surface area contributed by atoms with E-state index in [1.165, 1.54) is 513 Å². The van der Waals surface area contributed by atoms with Gasteiger partial charge in [0.15, 0.2) is 0 Å². The molecule has 0 atom stereocenters. The molecule has 0 saturated carbocycles. The van der Waals surface area contributed by atoms with Gasteiger partial charge in [-0.2, -0.15) is 0 Å². The topological polar surface area (TPSA) is 36.9 Å². The van der Waals surface area contributed by atoms with Crippen LogP contribution in [0.5, 0.6) is 23.0 Å². The van der Waals surface area contributed by atoms with Crippen LogP contribution in [0.2, 0.25) is 0 Å². The highest BCUT2D eigenvalue weighted by Gasteiger charge is 2.38. The average Bonchev–Trinajstić information content (AvgIpc) is 0.628. The Balaban J connectivity index is 0.902. The lowest BCUT2D eigenvalue weighted by atomic mass is 9.70. The van der Waals surface area contributed by atoms with E-state index in [1.54, 1.807) is 11.1 Å². The molecule has 0 unspecified atom stereocenters. The lowest BCUT2D eigenvalue weighted by molar-refractivity contribution is 0.304. The van der Waals surface area contributed by atoms with Crippen molar-refractivity contribution < 1.29 is 18.9 Å². The quantitative estimate of drug-likeness (QED) is 0.0216. The zero-order valence-electron chi connectivity index (χ0n) is 81.9. The maximum absolute atomic E-state index is 7.67. The number of ether oxygens (including phenoxy) is 4. The Morgan fingerprint density at radius 2 is 0.446 bits per heavy atom. The van der Waals surface area contributed by atoms with Gasteiger partial charge in [-0.1, -0.05) is 391 Å². The van der Waals surface area contributed by atoms with Gasteiger partial charge in [-0.25, -0.2) is 0 Å². The minimum atomic E-state index is 0.699. The van der Waals surface area contributed by atoms with E-state index in [0.717, 1.165) is 74.7 Å². The van der Waals surface area contributed by atoms with Gasteiger partial charge < -0.3 is 18.9 Å². The van der Waals surface area contributed by atoms with Crippen LogP contribution in [0.1, 0.15) is 398 Å². The summed E-state index contributed by atoms with van der Waals surface area (Å²) in [5, 5.41) is 50.4. The van der Waals surface area contributed by atoms with Crippen molar-refractivity contribution in [2.45, 2.75) is 402 Å². The number of benzene rings is 19. The second-order valence-electron chi connectivity index (χ2n) is 41.5. The van der Waals surface area contributed by atoms with Gasteiger partial charge in [0.25, 0.3) is 0 Å². The van der Waals surface area contributed by atoms with Crippen molar-refractivity contribution in [2.75, 3.05) is 26.4 Å². The highest BCUT2D eigenvalue weighted by molar-refractivity contribution is 6.66. The fourth-order valence-corrected chi connectivity index (χ4v) is 25.9. The van der Waals surface area contributed by atoms with Gasteiger partial charge in [-0.15, -0.1) is 0 Å². The van der Waals surface area contributed by atoms with E-state index in [0.29, 0.717) is 13.2 Å². The van der Waals surface area contributed by atoms with Crippen LogP contribution in [0.3, 0.4) is 0 Å². The lowest BCUT2D eigenvalue weighted by Gasteiger charge is -2.33. The molecule has 0 amide bonds. The molecule has 19 aromatic rings. The van der Waals surface area contributed by atoms with E-state index in [2.05, 4.69) is 152 Å². The molecule has 684 valence electrons. The molecule has 0 aromatic heterocycles. The lowest BCUT2D eigenvalue weighted by Crippen LogP contribution is -2.06. The molecule has 0 bridgehead atoms. The van der Waals surface area contributed by atoms with Gasteiger partial charge in [0.2, 0.25) is 0 Å². The molecule has 0 N–H and O–H groups in total. The summed E-state index contributed by atoms with van der Waals surface area (Å²) >= 11 is 0. The van der Waals surface area contributed by atoms with Crippen molar-refractivity contribution in [1.29, 1.82) is 0 Å². The molecule has 0 fully saturated rings. The number of hydrogen-bond donors (Lipinski definition) is 0. The van der Waals surface area contributed by atoms with Crippen molar-refractivity contribution in [3.05, 3.63) is 119 Å². The molecule has 0 spiro atoms. The van der Waals surface area contributed by atoms with Gasteiger partial charge in [-0.05, 0) is 292 Å². The Kier molecular flexibility index (Phi) is 29.5. The zero-order chi connectivity index (χ0) is 88.6. The van der Waals surface area contributed by atoms with Crippen LogP contribution in [-0.2, 0) is 12.8 Å². The fraction of sp³-hybridized carbons (Fsp3) is 0.524. The van der Waals surface area contributed by atoms with Gasteiger partial charge in [-0.3, -0.25) is 0 Å². The molecule has 0 saturated heterocycles. The van der Waals surface area contributed by atoms with E-state index < -0.39 is 0 Å². The molecular formula is C126H156O4.